The van der Waals surface area contributed by atoms with Gasteiger partial charge in [0.25, 0.3) is 5.91 Å². The highest BCUT2D eigenvalue weighted by Crippen LogP contribution is 2.27. The van der Waals surface area contributed by atoms with E-state index in [0.29, 0.717) is 24.6 Å². The second-order valence-electron chi connectivity index (χ2n) is 6.84. The van der Waals surface area contributed by atoms with Gasteiger partial charge in [0, 0.05) is 18.3 Å². The molecule has 0 unspecified atom stereocenters. The second-order valence-corrected chi connectivity index (χ2v) is 7.74. The van der Waals surface area contributed by atoms with Gasteiger partial charge in [-0.05, 0) is 44.2 Å². The highest BCUT2D eigenvalue weighted by Gasteiger charge is 2.32. The van der Waals surface area contributed by atoms with E-state index in [0.717, 1.165) is 23.6 Å². The molecule has 1 fully saturated rings. The van der Waals surface area contributed by atoms with Crippen molar-refractivity contribution >= 4 is 17.2 Å². The van der Waals surface area contributed by atoms with Crippen molar-refractivity contribution in [3.8, 4) is 16.6 Å². The van der Waals surface area contributed by atoms with Crippen LogP contribution in [0.2, 0.25) is 0 Å². The fourth-order valence-corrected chi connectivity index (χ4v) is 4.23. The molecule has 0 bridgehead atoms. The van der Waals surface area contributed by atoms with Gasteiger partial charge < -0.3 is 14.4 Å². The van der Waals surface area contributed by atoms with Crippen molar-refractivity contribution in [2.24, 2.45) is 0 Å². The number of nitrogens with zero attached hydrogens (tertiary/aromatic N) is 5. The molecular formula is C20H23N5O3S. The number of thiophene rings is 1. The molecule has 1 saturated heterocycles. The molecular weight excluding hydrogens is 390 g/mol. The molecule has 8 nitrogen and oxygen atoms in total. The van der Waals surface area contributed by atoms with Gasteiger partial charge >= 0.3 is 0 Å². The third kappa shape index (κ3) is 4.24. The molecule has 0 aromatic carbocycles. The first-order valence-electron chi connectivity index (χ1n) is 9.66. The Labute approximate surface area is 173 Å². The predicted molar refractivity (Wildman–Crippen MR) is 109 cm³/mol. The van der Waals surface area contributed by atoms with E-state index in [2.05, 4.69) is 22.1 Å². The van der Waals surface area contributed by atoms with Crippen LogP contribution in [0.3, 0.4) is 0 Å². The summed E-state index contributed by atoms with van der Waals surface area (Å²) in [5, 5.41) is 10.9. The first-order valence-corrected chi connectivity index (χ1v) is 10.5. The maximum Gasteiger partial charge on any atom is 0.257 e. The highest BCUT2D eigenvalue weighted by molar-refractivity contribution is 7.12. The fourth-order valence-electron chi connectivity index (χ4n) is 3.43. The van der Waals surface area contributed by atoms with E-state index in [4.69, 9.17) is 9.47 Å². The van der Waals surface area contributed by atoms with Crippen LogP contribution in [-0.2, 0) is 0 Å². The lowest BCUT2D eigenvalue weighted by Crippen LogP contribution is -2.49. The quantitative estimate of drug-likeness (QED) is 0.617. The number of likely N-dealkylation sites (tertiary alicyclic amines) is 1. The molecule has 1 aliphatic rings. The predicted octanol–water partition coefficient (Wildman–Crippen LogP) is 3.19. The third-order valence-electron chi connectivity index (χ3n) is 4.88. The number of hydrogen-bond acceptors (Lipinski definition) is 7. The average molecular weight is 414 g/mol. The van der Waals surface area contributed by atoms with E-state index in [1.807, 2.05) is 23.3 Å². The summed E-state index contributed by atoms with van der Waals surface area (Å²) in [4.78, 5) is 20.9. The molecule has 0 radical (unpaired) electrons. The normalized spacial score (nSPS) is 19.2. The maximum atomic E-state index is 13.3. The van der Waals surface area contributed by atoms with E-state index >= 15 is 0 Å². The van der Waals surface area contributed by atoms with Gasteiger partial charge in [0.2, 0.25) is 5.88 Å². The fraction of sp³-hybridized carbons (Fsp3) is 0.400. The van der Waals surface area contributed by atoms with Crippen molar-refractivity contribution in [1.82, 2.24) is 24.9 Å². The summed E-state index contributed by atoms with van der Waals surface area (Å²) in [5.74, 6) is 1.21. The molecule has 4 heterocycles. The zero-order valence-electron chi connectivity index (χ0n) is 16.4. The Kier molecular flexibility index (Phi) is 5.75. The lowest BCUT2D eigenvalue weighted by Gasteiger charge is -2.37. The number of piperidine rings is 1. The number of carbonyl (C=O) groups is 1. The molecule has 1 aliphatic heterocycles. The minimum Gasteiger partial charge on any atom is -0.494 e. The van der Waals surface area contributed by atoms with E-state index in [9.17, 15) is 4.79 Å². The van der Waals surface area contributed by atoms with Crippen LogP contribution in [0.5, 0.6) is 11.6 Å². The molecule has 1 amide bonds. The van der Waals surface area contributed by atoms with E-state index in [1.54, 1.807) is 30.7 Å². The Morgan fingerprint density at radius 2 is 2.07 bits per heavy atom. The molecule has 9 heteroatoms. The second kappa shape index (κ2) is 8.60. The number of hydrogen-bond donors (Lipinski definition) is 0. The summed E-state index contributed by atoms with van der Waals surface area (Å²) in [7, 11) is 0. The molecule has 0 spiro atoms. The van der Waals surface area contributed by atoms with Crippen molar-refractivity contribution in [3.05, 3.63) is 47.7 Å². The summed E-state index contributed by atoms with van der Waals surface area (Å²) < 4.78 is 11.6. The Morgan fingerprint density at radius 1 is 1.24 bits per heavy atom. The Balaban J connectivity index is 1.49. The van der Waals surface area contributed by atoms with Crippen molar-refractivity contribution in [1.29, 1.82) is 0 Å². The van der Waals surface area contributed by atoms with Gasteiger partial charge in [-0.2, -0.15) is 10.2 Å². The number of rotatable bonds is 6. The summed E-state index contributed by atoms with van der Waals surface area (Å²) in [6.45, 7) is 5.09. The first-order chi connectivity index (χ1) is 14.2. The van der Waals surface area contributed by atoms with E-state index in [-0.39, 0.29) is 18.1 Å². The van der Waals surface area contributed by atoms with Crippen molar-refractivity contribution in [2.45, 2.75) is 38.8 Å². The molecule has 29 heavy (non-hydrogen) atoms. The number of amides is 1. The van der Waals surface area contributed by atoms with Gasteiger partial charge in [-0.3, -0.25) is 4.79 Å². The van der Waals surface area contributed by atoms with Gasteiger partial charge in [-0.15, -0.1) is 16.1 Å². The van der Waals surface area contributed by atoms with Crippen LogP contribution >= 0.6 is 11.3 Å². The van der Waals surface area contributed by atoms with Crippen LogP contribution in [0.1, 0.15) is 37.0 Å². The maximum absolute atomic E-state index is 13.3. The average Bonchev–Trinajstić information content (AvgIpc) is 3.41. The molecule has 0 aliphatic carbocycles. The van der Waals surface area contributed by atoms with Gasteiger partial charge in [0.05, 0.1) is 31.1 Å². The van der Waals surface area contributed by atoms with Gasteiger partial charge in [-0.25, -0.2) is 4.98 Å². The first kappa shape index (κ1) is 19.4. The molecule has 152 valence electrons. The van der Waals surface area contributed by atoms with Gasteiger partial charge in [-0.1, -0.05) is 0 Å². The van der Waals surface area contributed by atoms with Gasteiger partial charge in [0.15, 0.2) is 5.00 Å². The minimum absolute atomic E-state index is 0.0321. The van der Waals surface area contributed by atoms with Crippen LogP contribution in [0.25, 0.3) is 5.00 Å². The Hall–Kier alpha value is -2.94. The SMILES string of the molecule is CCOc1ccnc(O[C@@H]2CC[C@@H](C)N(C(=O)c3ccsc3-n3nccn3)C2)c1. The summed E-state index contributed by atoms with van der Waals surface area (Å²) >= 11 is 1.45. The van der Waals surface area contributed by atoms with Crippen LogP contribution in [0.15, 0.2) is 42.2 Å². The standard InChI is InChI=1S/C20H23N5O3S/c1-3-27-15-6-8-21-18(12-15)28-16-5-4-14(2)24(13-16)19(26)17-7-11-29-20(17)25-22-9-10-23-25/h6-12,14,16H,3-5,13H2,1-2H3/t14-,16-/m1/s1. The van der Waals surface area contributed by atoms with Crippen LogP contribution in [-0.4, -0.2) is 56.1 Å². The number of ether oxygens (including phenoxy) is 2. The lowest BCUT2D eigenvalue weighted by atomic mass is 10.0. The van der Waals surface area contributed by atoms with Crippen molar-refractivity contribution in [3.63, 3.8) is 0 Å². The largest absolute Gasteiger partial charge is 0.494 e. The van der Waals surface area contributed by atoms with Crippen molar-refractivity contribution < 1.29 is 14.3 Å². The topological polar surface area (TPSA) is 82.4 Å². The number of pyridine rings is 1. The summed E-state index contributed by atoms with van der Waals surface area (Å²) in [6, 6.07) is 5.55. The molecule has 0 saturated carbocycles. The minimum atomic E-state index is -0.121. The Morgan fingerprint density at radius 3 is 2.86 bits per heavy atom. The lowest BCUT2D eigenvalue weighted by molar-refractivity contribution is 0.0372. The molecule has 2 atom stereocenters. The zero-order chi connectivity index (χ0) is 20.2. The molecule has 3 aromatic heterocycles. The number of aromatic nitrogens is 4. The number of carbonyl (C=O) groups excluding carboxylic acids is 1. The molecule has 3 aromatic rings. The summed E-state index contributed by atoms with van der Waals surface area (Å²) in [5.41, 5.74) is 0.607. The van der Waals surface area contributed by atoms with E-state index < -0.39 is 0 Å². The van der Waals surface area contributed by atoms with Crippen LogP contribution < -0.4 is 9.47 Å². The monoisotopic (exact) mass is 413 g/mol. The van der Waals surface area contributed by atoms with Crippen LogP contribution in [0.4, 0.5) is 0 Å². The van der Waals surface area contributed by atoms with Crippen LogP contribution in [0, 0.1) is 0 Å². The highest BCUT2D eigenvalue weighted by atomic mass is 32.1. The molecule has 0 N–H and O–H groups in total. The van der Waals surface area contributed by atoms with Gasteiger partial charge in [0.1, 0.15) is 11.9 Å². The van der Waals surface area contributed by atoms with Crippen molar-refractivity contribution in [2.75, 3.05) is 13.2 Å². The van der Waals surface area contributed by atoms with E-state index in [1.165, 1.54) is 16.1 Å². The zero-order valence-corrected chi connectivity index (χ0v) is 17.2. The summed E-state index contributed by atoms with van der Waals surface area (Å²) in [6.07, 6.45) is 6.48. The Bertz CT molecular complexity index is 959. The third-order valence-corrected chi connectivity index (χ3v) is 5.76. The molecule has 4 rings (SSSR count). The smallest absolute Gasteiger partial charge is 0.257 e.